The zero-order valence-electron chi connectivity index (χ0n) is 15.8. The Kier molecular flexibility index (Phi) is 6.17. The molecule has 0 radical (unpaired) electrons. The maximum Gasteiger partial charge on any atom is 0.277 e. The van der Waals surface area contributed by atoms with Crippen molar-refractivity contribution >= 4 is 27.5 Å². The minimum atomic E-state index is -3.57. The van der Waals surface area contributed by atoms with Crippen molar-refractivity contribution in [2.75, 3.05) is 25.0 Å². The van der Waals surface area contributed by atoms with Crippen LogP contribution in [-0.2, 0) is 19.6 Å². The molecule has 2 aliphatic heterocycles. The van der Waals surface area contributed by atoms with Crippen LogP contribution in [0.5, 0.6) is 0 Å². The van der Waals surface area contributed by atoms with Crippen molar-refractivity contribution in [3.63, 3.8) is 0 Å². The van der Waals surface area contributed by atoms with Crippen molar-refractivity contribution in [2.45, 2.75) is 43.5 Å². The van der Waals surface area contributed by atoms with Crippen LogP contribution >= 0.6 is 0 Å². The van der Waals surface area contributed by atoms with E-state index in [-0.39, 0.29) is 29.8 Å². The average Bonchev–Trinajstić information content (AvgIpc) is 2.96. The van der Waals surface area contributed by atoms with Gasteiger partial charge in [-0.2, -0.15) is 4.31 Å². The first kappa shape index (κ1) is 20.5. The molecule has 2 heterocycles. The Hall–Kier alpha value is -2.23. The molecule has 3 rings (SSSR count). The van der Waals surface area contributed by atoms with E-state index in [9.17, 15) is 18.0 Å². The molecule has 1 saturated heterocycles. The Morgan fingerprint density at radius 2 is 1.89 bits per heavy atom. The molecule has 1 atom stereocenters. The molecule has 1 unspecified atom stereocenters. The second kappa shape index (κ2) is 8.42. The summed E-state index contributed by atoms with van der Waals surface area (Å²) in [6.45, 7) is 2.16. The molecule has 2 aliphatic rings. The van der Waals surface area contributed by atoms with Crippen molar-refractivity contribution in [1.29, 1.82) is 0 Å². The number of nitrogens with zero attached hydrogens (tertiary/aromatic N) is 2. The summed E-state index contributed by atoms with van der Waals surface area (Å²) in [5.41, 5.74) is 0.596. The van der Waals surface area contributed by atoms with Gasteiger partial charge in [0.05, 0.1) is 18.0 Å². The molecular formula is C19H25N3O5S. The van der Waals surface area contributed by atoms with Crippen LogP contribution in [-0.4, -0.2) is 60.3 Å². The lowest BCUT2D eigenvalue weighted by Crippen LogP contribution is -2.43. The van der Waals surface area contributed by atoms with Crippen LogP contribution in [0.4, 0.5) is 5.69 Å². The van der Waals surface area contributed by atoms with E-state index in [0.29, 0.717) is 12.2 Å². The van der Waals surface area contributed by atoms with Gasteiger partial charge in [-0.3, -0.25) is 14.5 Å². The SMILES string of the molecule is CCC1CCCCN1S(=O)(=O)c1ccc(NC2=CC(=O)N(CCO)C2=O)cc1. The lowest BCUT2D eigenvalue weighted by atomic mass is 10.0. The quantitative estimate of drug-likeness (QED) is 0.660. The van der Waals surface area contributed by atoms with Gasteiger partial charge in [-0.25, -0.2) is 8.42 Å². The topological polar surface area (TPSA) is 107 Å². The smallest absolute Gasteiger partial charge is 0.277 e. The summed E-state index contributed by atoms with van der Waals surface area (Å²) in [5.74, 6) is -1.01. The third-order valence-corrected chi connectivity index (χ3v) is 7.08. The van der Waals surface area contributed by atoms with Gasteiger partial charge in [0.2, 0.25) is 10.0 Å². The Morgan fingerprint density at radius 3 is 2.54 bits per heavy atom. The van der Waals surface area contributed by atoms with E-state index in [4.69, 9.17) is 5.11 Å². The van der Waals surface area contributed by atoms with Gasteiger partial charge in [-0.15, -0.1) is 0 Å². The van der Waals surface area contributed by atoms with Gasteiger partial charge in [-0.05, 0) is 43.5 Å². The molecule has 9 heteroatoms. The van der Waals surface area contributed by atoms with Crippen LogP contribution in [0.2, 0.25) is 0 Å². The number of carbonyl (C=O) groups is 2. The summed E-state index contributed by atoms with van der Waals surface area (Å²) in [4.78, 5) is 25.1. The monoisotopic (exact) mass is 407 g/mol. The summed E-state index contributed by atoms with van der Waals surface area (Å²) in [6, 6.07) is 6.19. The first-order chi connectivity index (χ1) is 13.4. The van der Waals surface area contributed by atoms with Crippen molar-refractivity contribution < 1.29 is 23.1 Å². The number of amides is 2. The first-order valence-corrected chi connectivity index (χ1v) is 10.9. The van der Waals surface area contributed by atoms with Crippen LogP contribution in [0.3, 0.4) is 0 Å². The lowest BCUT2D eigenvalue weighted by molar-refractivity contribution is -0.137. The molecule has 0 spiro atoms. The summed E-state index contributed by atoms with van der Waals surface area (Å²) in [5, 5.41) is 11.8. The van der Waals surface area contributed by atoms with E-state index < -0.39 is 21.8 Å². The number of piperidine rings is 1. The number of rotatable bonds is 7. The standard InChI is InChI=1S/C19H25N3O5S/c1-2-15-5-3-4-10-22(15)28(26,27)16-8-6-14(7-9-16)20-17-13-18(24)21(11-12-23)19(17)25/h6-9,13,15,20,23H,2-5,10-12H2,1H3. The molecule has 1 aromatic rings. The lowest BCUT2D eigenvalue weighted by Gasteiger charge is -2.34. The van der Waals surface area contributed by atoms with Crippen molar-refractivity contribution in [3.05, 3.63) is 36.0 Å². The van der Waals surface area contributed by atoms with Crippen LogP contribution in [0.15, 0.2) is 40.9 Å². The number of sulfonamides is 1. The summed E-state index contributed by atoms with van der Waals surface area (Å²) in [6.07, 6.45) is 4.74. The van der Waals surface area contributed by atoms with Gasteiger partial charge in [0.1, 0.15) is 5.70 Å². The molecule has 0 bridgehead atoms. The number of β-amino-alcohol motifs (C(OH)–C–C–N with tert-alkyl or cyclic N) is 1. The van der Waals surface area contributed by atoms with E-state index in [2.05, 4.69) is 5.32 Å². The molecule has 152 valence electrons. The fourth-order valence-corrected chi connectivity index (χ4v) is 5.38. The summed E-state index contributed by atoms with van der Waals surface area (Å²) < 4.78 is 27.6. The Balaban J connectivity index is 1.74. The molecule has 0 aromatic heterocycles. The van der Waals surface area contributed by atoms with Gasteiger partial charge >= 0.3 is 0 Å². The van der Waals surface area contributed by atoms with Gasteiger partial charge in [0, 0.05) is 24.4 Å². The predicted molar refractivity (Wildman–Crippen MR) is 104 cm³/mol. The van der Waals surface area contributed by atoms with Gasteiger partial charge in [-0.1, -0.05) is 13.3 Å². The zero-order valence-corrected chi connectivity index (χ0v) is 16.6. The number of nitrogens with one attached hydrogen (secondary N) is 1. The van der Waals surface area contributed by atoms with E-state index in [1.54, 1.807) is 16.4 Å². The highest BCUT2D eigenvalue weighted by atomic mass is 32.2. The number of hydrogen-bond acceptors (Lipinski definition) is 6. The first-order valence-electron chi connectivity index (χ1n) is 9.45. The largest absolute Gasteiger partial charge is 0.395 e. The van der Waals surface area contributed by atoms with E-state index >= 15 is 0 Å². The highest BCUT2D eigenvalue weighted by Gasteiger charge is 2.33. The molecule has 1 fully saturated rings. The molecule has 28 heavy (non-hydrogen) atoms. The molecule has 2 N–H and O–H groups in total. The summed E-state index contributed by atoms with van der Waals surface area (Å²) >= 11 is 0. The van der Waals surface area contributed by atoms with E-state index in [0.717, 1.165) is 30.6 Å². The Labute approximate surface area is 164 Å². The molecule has 8 nitrogen and oxygen atoms in total. The molecule has 0 aliphatic carbocycles. The number of imide groups is 1. The second-order valence-electron chi connectivity index (χ2n) is 6.90. The number of aliphatic hydroxyl groups excluding tert-OH is 1. The predicted octanol–water partition coefficient (Wildman–Crippen LogP) is 1.30. The van der Waals surface area contributed by atoms with Gasteiger partial charge < -0.3 is 10.4 Å². The van der Waals surface area contributed by atoms with Crippen molar-refractivity contribution in [2.24, 2.45) is 0 Å². The van der Waals surface area contributed by atoms with Crippen LogP contribution in [0.25, 0.3) is 0 Å². The molecule has 1 aromatic carbocycles. The van der Waals surface area contributed by atoms with Crippen molar-refractivity contribution in [3.8, 4) is 0 Å². The Morgan fingerprint density at radius 1 is 1.18 bits per heavy atom. The molecule has 0 saturated carbocycles. The third-order valence-electron chi connectivity index (χ3n) is 5.12. The second-order valence-corrected chi connectivity index (χ2v) is 8.79. The average molecular weight is 407 g/mol. The van der Waals surface area contributed by atoms with Crippen molar-refractivity contribution in [1.82, 2.24) is 9.21 Å². The zero-order chi connectivity index (χ0) is 20.3. The minimum absolute atomic E-state index is 0.0290. The maximum absolute atomic E-state index is 13.0. The molecule has 2 amide bonds. The number of hydrogen-bond donors (Lipinski definition) is 2. The van der Waals surface area contributed by atoms with Crippen LogP contribution in [0, 0.1) is 0 Å². The van der Waals surface area contributed by atoms with E-state index in [1.165, 1.54) is 18.2 Å². The third kappa shape index (κ3) is 3.96. The fourth-order valence-electron chi connectivity index (χ4n) is 3.61. The van der Waals surface area contributed by atoms with E-state index in [1.807, 2.05) is 6.92 Å². The van der Waals surface area contributed by atoms with Crippen LogP contribution in [0.1, 0.15) is 32.6 Å². The summed E-state index contributed by atoms with van der Waals surface area (Å²) in [7, 11) is -3.57. The van der Waals surface area contributed by atoms with Gasteiger partial charge in [0.25, 0.3) is 11.8 Å². The highest BCUT2D eigenvalue weighted by molar-refractivity contribution is 7.89. The number of carbonyl (C=O) groups excluding carboxylic acids is 2. The fraction of sp³-hybridized carbons (Fsp3) is 0.474. The van der Waals surface area contributed by atoms with Crippen LogP contribution < -0.4 is 5.32 Å². The number of aliphatic hydroxyl groups is 1. The highest BCUT2D eigenvalue weighted by Crippen LogP contribution is 2.28. The number of benzene rings is 1. The maximum atomic E-state index is 13.0. The normalized spacial score (nSPS) is 21.1. The number of anilines is 1. The van der Waals surface area contributed by atoms with Gasteiger partial charge in [0.15, 0.2) is 0 Å². The minimum Gasteiger partial charge on any atom is -0.395 e. The molecular weight excluding hydrogens is 382 g/mol. The Bertz CT molecular complexity index is 879.